The number of methoxy groups -OCH3 is 1. The minimum absolute atomic E-state index is 0.265. The summed E-state index contributed by atoms with van der Waals surface area (Å²) in [4.78, 5) is 23.2. The van der Waals surface area contributed by atoms with Gasteiger partial charge in [0.25, 0.3) is 5.91 Å². The van der Waals surface area contributed by atoms with Crippen LogP contribution >= 0.6 is 0 Å². The Bertz CT molecular complexity index is 778. The van der Waals surface area contributed by atoms with Crippen LogP contribution in [0.3, 0.4) is 0 Å². The molecule has 2 aromatic carbocycles. The van der Waals surface area contributed by atoms with E-state index in [1.54, 1.807) is 57.4 Å². The van der Waals surface area contributed by atoms with Crippen molar-refractivity contribution in [2.45, 2.75) is 13.8 Å². The first-order valence-electron chi connectivity index (χ1n) is 8.39. The molecule has 0 aliphatic carbocycles. The molecule has 7 nitrogen and oxygen atoms in total. The molecule has 0 spiro atoms. The van der Waals surface area contributed by atoms with Gasteiger partial charge in [-0.1, -0.05) is 0 Å². The van der Waals surface area contributed by atoms with Gasteiger partial charge in [-0.25, -0.2) is 4.79 Å². The van der Waals surface area contributed by atoms with Crippen molar-refractivity contribution in [1.82, 2.24) is 0 Å². The molecule has 2 N–H and O–H groups in total. The number of ether oxygens (including phenoxy) is 3. The van der Waals surface area contributed by atoms with Crippen LogP contribution < -0.4 is 14.8 Å². The summed E-state index contributed by atoms with van der Waals surface area (Å²) in [5.41, 5.74) is 2.50. The van der Waals surface area contributed by atoms with Crippen molar-refractivity contribution in [2.75, 3.05) is 32.2 Å². The van der Waals surface area contributed by atoms with Crippen molar-refractivity contribution >= 4 is 17.6 Å². The van der Waals surface area contributed by atoms with Crippen LogP contribution in [0.25, 0.3) is 0 Å². The van der Waals surface area contributed by atoms with Crippen LogP contribution in [-0.2, 0) is 9.53 Å². The number of carboxylic acid groups (broad SMARTS) is 1. The first-order chi connectivity index (χ1) is 12.9. The molecule has 0 atom stereocenters. The topological polar surface area (TPSA) is 94.1 Å². The van der Waals surface area contributed by atoms with Crippen LogP contribution in [0, 0.1) is 13.8 Å². The predicted molar refractivity (Wildman–Crippen MR) is 101 cm³/mol. The van der Waals surface area contributed by atoms with E-state index < -0.39 is 12.6 Å². The third-order valence-corrected chi connectivity index (χ3v) is 3.73. The SMILES string of the molecule is COCCOc1ccc(NC(=O)c2cc(C)c(OCC(=O)O)c(C)c2)cc1. The molecule has 0 fully saturated rings. The van der Waals surface area contributed by atoms with E-state index in [1.807, 2.05) is 0 Å². The van der Waals surface area contributed by atoms with Crippen molar-refractivity contribution < 1.29 is 28.9 Å². The molecule has 0 saturated heterocycles. The summed E-state index contributed by atoms with van der Waals surface area (Å²) in [5, 5.41) is 11.6. The molecule has 0 aliphatic rings. The Labute approximate surface area is 157 Å². The molecule has 0 aromatic heterocycles. The molecule has 27 heavy (non-hydrogen) atoms. The van der Waals surface area contributed by atoms with Crippen LogP contribution in [0.1, 0.15) is 21.5 Å². The van der Waals surface area contributed by atoms with Crippen LogP contribution in [0.4, 0.5) is 5.69 Å². The highest BCUT2D eigenvalue weighted by molar-refractivity contribution is 6.04. The van der Waals surface area contributed by atoms with Gasteiger partial charge in [-0.3, -0.25) is 4.79 Å². The summed E-state index contributed by atoms with van der Waals surface area (Å²) in [6.45, 7) is 4.08. The second-order valence-corrected chi connectivity index (χ2v) is 5.94. The molecule has 0 radical (unpaired) electrons. The largest absolute Gasteiger partial charge is 0.491 e. The third-order valence-electron chi connectivity index (χ3n) is 3.73. The predicted octanol–water partition coefficient (Wildman–Crippen LogP) is 3.04. The second-order valence-electron chi connectivity index (χ2n) is 5.94. The summed E-state index contributed by atoms with van der Waals surface area (Å²) in [6, 6.07) is 10.4. The summed E-state index contributed by atoms with van der Waals surface area (Å²) in [7, 11) is 1.61. The van der Waals surface area contributed by atoms with Crippen molar-refractivity contribution in [3.63, 3.8) is 0 Å². The Kier molecular flexibility index (Phi) is 7.19. The Hall–Kier alpha value is -3.06. The zero-order chi connectivity index (χ0) is 19.8. The minimum Gasteiger partial charge on any atom is -0.491 e. The van der Waals surface area contributed by atoms with E-state index in [2.05, 4.69) is 5.32 Å². The number of benzene rings is 2. The van der Waals surface area contributed by atoms with Crippen LogP contribution in [0.5, 0.6) is 11.5 Å². The molecule has 2 aromatic rings. The van der Waals surface area contributed by atoms with E-state index in [-0.39, 0.29) is 5.91 Å². The molecule has 1 amide bonds. The standard InChI is InChI=1S/C20H23NO6/c1-13-10-15(11-14(2)19(13)27-12-18(22)23)20(24)21-16-4-6-17(7-5-16)26-9-8-25-3/h4-7,10-11H,8-9,12H2,1-3H3,(H,21,24)(H,22,23). The maximum atomic E-state index is 12.5. The van der Waals surface area contributed by atoms with Crippen LogP contribution in [-0.4, -0.2) is 43.9 Å². The van der Waals surface area contributed by atoms with Gasteiger partial charge < -0.3 is 24.6 Å². The highest BCUT2D eigenvalue weighted by atomic mass is 16.5. The zero-order valence-electron chi connectivity index (χ0n) is 15.6. The van der Waals surface area contributed by atoms with E-state index in [4.69, 9.17) is 19.3 Å². The second kappa shape index (κ2) is 9.59. The van der Waals surface area contributed by atoms with Crippen molar-refractivity contribution in [3.8, 4) is 11.5 Å². The van der Waals surface area contributed by atoms with E-state index in [9.17, 15) is 9.59 Å². The van der Waals surface area contributed by atoms with Gasteiger partial charge in [0.2, 0.25) is 0 Å². The molecule has 144 valence electrons. The molecular formula is C20H23NO6. The third kappa shape index (κ3) is 6.00. The smallest absolute Gasteiger partial charge is 0.341 e. The average molecular weight is 373 g/mol. The van der Waals surface area contributed by atoms with E-state index in [0.29, 0.717) is 47.1 Å². The molecule has 2 rings (SSSR count). The fourth-order valence-electron chi connectivity index (χ4n) is 2.52. The Balaban J connectivity index is 2.04. The lowest BCUT2D eigenvalue weighted by Gasteiger charge is -2.13. The summed E-state index contributed by atoms with van der Waals surface area (Å²) < 4.78 is 15.7. The lowest BCUT2D eigenvalue weighted by atomic mass is 10.0. The number of amides is 1. The lowest BCUT2D eigenvalue weighted by molar-refractivity contribution is -0.139. The molecular weight excluding hydrogens is 350 g/mol. The first kappa shape index (κ1) is 20.3. The normalized spacial score (nSPS) is 10.3. The summed E-state index contributed by atoms with van der Waals surface area (Å²) in [5.74, 6) is -0.146. The van der Waals surface area contributed by atoms with Gasteiger partial charge in [-0.15, -0.1) is 0 Å². The monoisotopic (exact) mass is 373 g/mol. The lowest BCUT2D eigenvalue weighted by Crippen LogP contribution is -2.14. The van der Waals surface area contributed by atoms with E-state index in [1.165, 1.54) is 0 Å². The molecule has 7 heteroatoms. The number of nitrogens with one attached hydrogen (secondary N) is 1. The number of carbonyl (C=O) groups excluding carboxylic acids is 1. The molecule has 0 saturated carbocycles. The summed E-state index contributed by atoms with van der Waals surface area (Å²) in [6.07, 6.45) is 0. The van der Waals surface area contributed by atoms with Gasteiger partial charge in [0, 0.05) is 18.4 Å². The molecule has 0 heterocycles. The number of aryl methyl sites for hydroxylation is 2. The molecule has 0 aliphatic heterocycles. The van der Waals surface area contributed by atoms with Gasteiger partial charge in [0.05, 0.1) is 6.61 Å². The van der Waals surface area contributed by atoms with Crippen molar-refractivity contribution in [2.24, 2.45) is 0 Å². The van der Waals surface area contributed by atoms with Crippen LogP contribution in [0.15, 0.2) is 36.4 Å². The van der Waals surface area contributed by atoms with Gasteiger partial charge >= 0.3 is 5.97 Å². The summed E-state index contributed by atoms with van der Waals surface area (Å²) >= 11 is 0. The number of carboxylic acids is 1. The van der Waals surface area contributed by atoms with Gasteiger partial charge in [0.15, 0.2) is 6.61 Å². The quantitative estimate of drug-likeness (QED) is 0.656. The van der Waals surface area contributed by atoms with Crippen molar-refractivity contribution in [1.29, 1.82) is 0 Å². The fourth-order valence-corrected chi connectivity index (χ4v) is 2.52. The Morgan fingerprint density at radius 2 is 1.63 bits per heavy atom. The number of anilines is 1. The number of aliphatic carboxylic acids is 1. The average Bonchev–Trinajstić information content (AvgIpc) is 2.62. The number of hydrogen-bond acceptors (Lipinski definition) is 5. The number of rotatable bonds is 9. The maximum absolute atomic E-state index is 12.5. The number of hydrogen-bond donors (Lipinski definition) is 2. The maximum Gasteiger partial charge on any atom is 0.341 e. The van der Waals surface area contributed by atoms with Gasteiger partial charge in [-0.05, 0) is 61.4 Å². The first-order valence-corrected chi connectivity index (χ1v) is 8.39. The minimum atomic E-state index is -1.05. The van der Waals surface area contributed by atoms with E-state index >= 15 is 0 Å². The van der Waals surface area contributed by atoms with E-state index in [0.717, 1.165) is 0 Å². The van der Waals surface area contributed by atoms with Gasteiger partial charge in [-0.2, -0.15) is 0 Å². The Morgan fingerprint density at radius 3 is 2.19 bits per heavy atom. The fraction of sp³-hybridized carbons (Fsp3) is 0.300. The van der Waals surface area contributed by atoms with Crippen molar-refractivity contribution in [3.05, 3.63) is 53.1 Å². The zero-order valence-corrected chi connectivity index (χ0v) is 15.6. The molecule has 0 bridgehead atoms. The highest BCUT2D eigenvalue weighted by Crippen LogP contribution is 2.25. The number of carbonyl (C=O) groups is 2. The van der Waals surface area contributed by atoms with Crippen LogP contribution in [0.2, 0.25) is 0 Å². The Morgan fingerprint density at radius 1 is 1.00 bits per heavy atom. The molecule has 0 unspecified atom stereocenters. The van der Waals surface area contributed by atoms with Gasteiger partial charge in [0.1, 0.15) is 18.1 Å². The highest BCUT2D eigenvalue weighted by Gasteiger charge is 2.13.